The molecule has 2 N–H and O–H groups in total. The number of hydrogen-bond donors (Lipinski definition) is 2. The predicted octanol–water partition coefficient (Wildman–Crippen LogP) is 0.701. The van der Waals surface area contributed by atoms with Gasteiger partial charge >= 0.3 is 5.97 Å². The molecule has 116 valence electrons. The Labute approximate surface area is 123 Å². The van der Waals surface area contributed by atoms with E-state index in [0.29, 0.717) is 29.4 Å². The Kier molecular flexibility index (Phi) is 4.87. The molecule has 1 atom stereocenters. The van der Waals surface area contributed by atoms with Crippen LogP contribution in [0.15, 0.2) is 12.1 Å². The van der Waals surface area contributed by atoms with Crippen molar-refractivity contribution in [3.63, 3.8) is 0 Å². The van der Waals surface area contributed by atoms with Crippen LogP contribution in [-0.4, -0.2) is 57.1 Å². The molecule has 0 saturated heterocycles. The zero-order chi connectivity index (χ0) is 15.4. The summed E-state index contributed by atoms with van der Waals surface area (Å²) in [5.74, 6) is 0.541. The van der Waals surface area contributed by atoms with Gasteiger partial charge in [0.25, 0.3) is 0 Å². The van der Waals surface area contributed by atoms with Crippen molar-refractivity contribution < 1.29 is 24.1 Å². The molecule has 1 aromatic rings. The number of carboxylic acid groups (broad SMARTS) is 1. The third-order valence-corrected chi connectivity index (χ3v) is 3.17. The second-order valence-corrected chi connectivity index (χ2v) is 4.99. The number of nitrogens with one attached hydrogen (secondary N) is 1. The van der Waals surface area contributed by atoms with Crippen LogP contribution in [0.25, 0.3) is 0 Å². The van der Waals surface area contributed by atoms with Gasteiger partial charge in [-0.15, -0.1) is 0 Å². The van der Waals surface area contributed by atoms with E-state index in [1.165, 1.54) is 7.11 Å². The number of rotatable bonds is 7. The van der Waals surface area contributed by atoms with Gasteiger partial charge in [-0.1, -0.05) is 0 Å². The molecule has 0 bridgehead atoms. The molecule has 0 radical (unpaired) electrons. The van der Waals surface area contributed by atoms with Gasteiger partial charge in [0, 0.05) is 13.1 Å². The molecule has 1 aliphatic heterocycles. The molecule has 1 aromatic carbocycles. The predicted molar refractivity (Wildman–Crippen MR) is 76.1 cm³/mol. The van der Waals surface area contributed by atoms with E-state index < -0.39 is 12.0 Å². The zero-order valence-corrected chi connectivity index (χ0v) is 12.4. The van der Waals surface area contributed by atoms with Gasteiger partial charge < -0.3 is 24.2 Å². The van der Waals surface area contributed by atoms with Crippen molar-refractivity contribution in [2.45, 2.75) is 6.04 Å². The van der Waals surface area contributed by atoms with E-state index in [1.807, 2.05) is 19.0 Å². The minimum Gasteiger partial charge on any atom is -0.493 e. The van der Waals surface area contributed by atoms with Crippen LogP contribution in [-0.2, 0) is 4.79 Å². The van der Waals surface area contributed by atoms with Gasteiger partial charge in [-0.05, 0) is 31.8 Å². The summed E-state index contributed by atoms with van der Waals surface area (Å²) in [6.07, 6.45) is 0. The first-order chi connectivity index (χ1) is 10.0. The molecule has 0 aliphatic carbocycles. The van der Waals surface area contributed by atoms with Crippen LogP contribution >= 0.6 is 0 Å². The van der Waals surface area contributed by atoms with Gasteiger partial charge in [-0.3, -0.25) is 10.1 Å². The van der Waals surface area contributed by atoms with E-state index in [1.54, 1.807) is 12.1 Å². The number of aliphatic carboxylic acids is 1. The van der Waals surface area contributed by atoms with Gasteiger partial charge in [0.15, 0.2) is 11.5 Å². The second kappa shape index (κ2) is 6.64. The number of ether oxygens (including phenoxy) is 3. The lowest BCUT2D eigenvalue weighted by Gasteiger charge is -2.18. The van der Waals surface area contributed by atoms with Crippen LogP contribution in [0.1, 0.15) is 11.6 Å². The van der Waals surface area contributed by atoms with Gasteiger partial charge in [-0.2, -0.15) is 0 Å². The van der Waals surface area contributed by atoms with Gasteiger partial charge in [0.1, 0.15) is 6.04 Å². The van der Waals surface area contributed by atoms with Crippen LogP contribution in [0, 0.1) is 0 Å². The van der Waals surface area contributed by atoms with Crippen molar-refractivity contribution in [3.8, 4) is 17.2 Å². The maximum absolute atomic E-state index is 11.5. The van der Waals surface area contributed by atoms with Crippen LogP contribution in [0.2, 0.25) is 0 Å². The number of hydrogen-bond acceptors (Lipinski definition) is 6. The molecule has 1 aliphatic rings. The molecule has 0 amide bonds. The van der Waals surface area contributed by atoms with Crippen LogP contribution < -0.4 is 19.5 Å². The normalized spacial score (nSPS) is 14.3. The third kappa shape index (κ3) is 3.56. The molecular formula is C14H20N2O5. The summed E-state index contributed by atoms with van der Waals surface area (Å²) in [4.78, 5) is 13.5. The van der Waals surface area contributed by atoms with Crippen LogP contribution in [0.4, 0.5) is 0 Å². The molecule has 1 heterocycles. The second-order valence-electron chi connectivity index (χ2n) is 4.99. The molecular weight excluding hydrogens is 276 g/mol. The summed E-state index contributed by atoms with van der Waals surface area (Å²) >= 11 is 0. The Morgan fingerprint density at radius 2 is 2.24 bits per heavy atom. The van der Waals surface area contributed by atoms with E-state index in [9.17, 15) is 9.90 Å². The minimum absolute atomic E-state index is 0.112. The van der Waals surface area contributed by atoms with Crippen molar-refractivity contribution >= 4 is 5.97 Å². The summed E-state index contributed by atoms with van der Waals surface area (Å²) in [6, 6.07) is 2.51. The summed E-state index contributed by atoms with van der Waals surface area (Å²) in [7, 11) is 5.37. The fraction of sp³-hybridized carbons (Fsp3) is 0.500. The maximum Gasteiger partial charge on any atom is 0.325 e. The Morgan fingerprint density at radius 1 is 1.48 bits per heavy atom. The Bertz CT molecular complexity index is 518. The quantitative estimate of drug-likeness (QED) is 0.766. The third-order valence-electron chi connectivity index (χ3n) is 3.17. The molecule has 7 nitrogen and oxygen atoms in total. The van der Waals surface area contributed by atoms with Gasteiger partial charge in [0.2, 0.25) is 12.5 Å². The zero-order valence-electron chi connectivity index (χ0n) is 12.4. The molecule has 0 fully saturated rings. The first kappa shape index (κ1) is 15.4. The average molecular weight is 296 g/mol. The highest BCUT2D eigenvalue weighted by molar-refractivity contribution is 5.76. The minimum atomic E-state index is -0.949. The highest BCUT2D eigenvalue weighted by Gasteiger charge is 2.26. The first-order valence-corrected chi connectivity index (χ1v) is 6.61. The molecule has 7 heteroatoms. The van der Waals surface area contributed by atoms with E-state index in [4.69, 9.17) is 14.2 Å². The lowest BCUT2D eigenvalue weighted by molar-refractivity contribution is -0.139. The number of fused-ring (bicyclic) bond motifs is 1. The maximum atomic E-state index is 11.5. The van der Waals surface area contributed by atoms with Crippen molar-refractivity contribution in [2.75, 3.05) is 41.1 Å². The van der Waals surface area contributed by atoms with Crippen molar-refractivity contribution in [1.29, 1.82) is 0 Å². The molecule has 0 aromatic heterocycles. The Hall–Kier alpha value is -1.99. The van der Waals surface area contributed by atoms with Crippen molar-refractivity contribution in [3.05, 3.63) is 17.7 Å². The Morgan fingerprint density at radius 3 is 2.86 bits per heavy atom. The fourth-order valence-electron chi connectivity index (χ4n) is 2.10. The van der Waals surface area contributed by atoms with Crippen LogP contribution in [0.5, 0.6) is 17.2 Å². The summed E-state index contributed by atoms with van der Waals surface area (Å²) in [6.45, 7) is 1.41. The van der Waals surface area contributed by atoms with E-state index >= 15 is 0 Å². The van der Waals surface area contributed by atoms with Crippen LogP contribution in [0.3, 0.4) is 0 Å². The highest BCUT2D eigenvalue weighted by Crippen LogP contribution is 2.42. The molecule has 2 rings (SSSR count). The van der Waals surface area contributed by atoms with Crippen molar-refractivity contribution in [2.24, 2.45) is 0 Å². The van der Waals surface area contributed by atoms with E-state index in [-0.39, 0.29) is 6.79 Å². The Balaban J connectivity index is 2.22. The highest BCUT2D eigenvalue weighted by atomic mass is 16.7. The van der Waals surface area contributed by atoms with Gasteiger partial charge in [-0.25, -0.2) is 0 Å². The number of benzene rings is 1. The average Bonchev–Trinajstić information content (AvgIpc) is 2.90. The van der Waals surface area contributed by atoms with E-state index in [0.717, 1.165) is 6.54 Å². The number of carboxylic acids is 1. The van der Waals surface area contributed by atoms with E-state index in [2.05, 4.69) is 5.32 Å². The summed E-state index contributed by atoms with van der Waals surface area (Å²) < 4.78 is 15.9. The largest absolute Gasteiger partial charge is 0.493 e. The number of methoxy groups -OCH3 is 1. The SMILES string of the molecule is COc1cc(C(NCCN(C)C)C(=O)O)cc2c1OCO2. The lowest BCUT2D eigenvalue weighted by Crippen LogP contribution is -2.33. The fourth-order valence-corrected chi connectivity index (χ4v) is 2.10. The monoisotopic (exact) mass is 296 g/mol. The lowest BCUT2D eigenvalue weighted by atomic mass is 10.1. The standard InChI is InChI=1S/C14H20N2O5/c1-16(2)5-4-15-12(14(17)18)9-6-10(19-3)13-11(7-9)20-8-21-13/h6-7,12,15H,4-5,8H2,1-3H3,(H,17,18). The smallest absolute Gasteiger partial charge is 0.325 e. The first-order valence-electron chi connectivity index (χ1n) is 6.61. The molecule has 1 unspecified atom stereocenters. The molecule has 0 spiro atoms. The number of likely N-dealkylation sites (N-methyl/N-ethyl adjacent to an activating group) is 1. The number of nitrogens with zero attached hydrogens (tertiary/aromatic N) is 1. The van der Waals surface area contributed by atoms with Crippen molar-refractivity contribution in [1.82, 2.24) is 10.2 Å². The molecule has 0 saturated carbocycles. The number of carbonyl (C=O) groups is 1. The summed E-state index contributed by atoms with van der Waals surface area (Å²) in [5.41, 5.74) is 0.572. The topological polar surface area (TPSA) is 80.3 Å². The van der Waals surface area contributed by atoms with Gasteiger partial charge in [0.05, 0.1) is 7.11 Å². The summed E-state index contributed by atoms with van der Waals surface area (Å²) in [5, 5.41) is 12.4. The molecule has 21 heavy (non-hydrogen) atoms.